The molecule has 0 aliphatic carbocycles. The van der Waals surface area contributed by atoms with Crippen molar-refractivity contribution in [3.8, 4) is 5.75 Å². The Morgan fingerprint density at radius 1 is 1.37 bits per heavy atom. The van der Waals surface area contributed by atoms with E-state index >= 15 is 0 Å². The number of halogens is 1. The lowest BCUT2D eigenvalue weighted by Gasteiger charge is -2.26. The third-order valence-electron chi connectivity index (χ3n) is 4.04. The van der Waals surface area contributed by atoms with Crippen molar-refractivity contribution in [1.82, 2.24) is 9.80 Å². The Labute approximate surface area is 120 Å². The summed E-state index contributed by atoms with van der Waals surface area (Å²) in [7, 11) is 0. The molecule has 106 valence electrons. The van der Waals surface area contributed by atoms with Crippen LogP contribution in [0.3, 0.4) is 0 Å². The molecule has 0 aromatic heterocycles. The zero-order chi connectivity index (χ0) is 13.8. The van der Waals surface area contributed by atoms with Crippen molar-refractivity contribution in [3.05, 3.63) is 28.8 Å². The standard InChI is InChI=1S/C15H23ClN2O/c1-3-18(4-2)13-8-9-17(11-13)10-12-6-5-7-14(16)15(12)19/h5-7,13,19H,3-4,8-11H2,1-2H3. The minimum atomic E-state index is 0.232. The molecular weight excluding hydrogens is 260 g/mol. The Bertz CT molecular complexity index is 421. The van der Waals surface area contributed by atoms with Gasteiger partial charge < -0.3 is 5.11 Å². The molecule has 0 saturated carbocycles. The number of phenolic OH excluding ortho intramolecular Hbond substituents is 1. The fourth-order valence-corrected chi connectivity index (χ4v) is 3.12. The number of hydrogen-bond donors (Lipinski definition) is 1. The lowest BCUT2D eigenvalue weighted by molar-refractivity contribution is 0.208. The van der Waals surface area contributed by atoms with Crippen LogP contribution in [0.2, 0.25) is 5.02 Å². The summed E-state index contributed by atoms with van der Waals surface area (Å²) in [4.78, 5) is 4.91. The summed E-state index contributed by atoms with van der Waals surface area (Å²) in [6.45, 7) is 9.60. The molecule has 0 spiro atoms. The highest BCUT2D eigenvalue weighted by Crippen LogP contribution is 2.29. The largest absolute Gasteiger partial charge is 0.506 e. The first-order chi connectivity index (χ1) is 9.15. The zero-order valence-electron chi connectivity index (χ0n) is 11.8. The molecule has 1 atom stereocenters. The van der Waals surface area contributed by atoms with E-state index in [2.05, 4.69) is 23.6 Å². The second kappa shape index (κ2) is 6.60. The van der Waals surface area contributed by atoms with Gasteiger partial charge in [-0.15, -0.1) is 0 Å². The lowest BCUT2D eigenvalue weighted by atomic mass is 10.2. The van der Waals surface area contributed by atoms with E-state index in [1.54, 1.807) is 6.07 Å². The van der Waals surface area contributed by atoms with Crippen molar-refractivity contribution >= 4 is 11.6 Å². The second-order valence-electron chi connectivity index (χ2n) is 5.15. The number of aromatic hydroxyl groups is 1. The SMILES string of the molecule is CCN(CC)C1CCN(Cc2cccc(Cl)c2O)C1. The van der Waals surface area contributed by atoms with Gasteiger partial charge >= 0.3 is 0 Å². The van der Waals surface area contributed by atoms with Crippen molar-refractivity contribution < 1.29 is 5.11 Å². The second-order valence-corrected chi connectivity index (χ2v) is 5.55. The van der Waals surface area contributed by atoms with Crippen LogP contribution in [0.1, 0.15) is 25.8 Å². The maximum atomic E-state index is 9.96. The van der Waals surface area contributed by atoms with Crippen LogP contribution in [-0.2, 0) is 6.54 Å². The lowest BCUT2D eigenvalue weighted by Crippen LogP contribution is -2.37. The molecule has 4 heteroatoms. The van der Waals surface area contributed by atoms with E-state index in [1.807, 2.05) is 12.1 Å². The van der Waals surface area contributed by atoms with Crippen LogP contribution in [0.25, 0.3) is 0 Å². The van der Waals surface area contributed by atoms with E-state index < -0.39 is 0 Å². The molecule has 19 heavy (non-hydrogen) atoms. The highest BCUT2D eigenvalue weighted by molar-refractivity contribution is 6.32. The van der Waals surface area contributed by atoms with Gasteiger partial charge in [0.15, 0.2) is 0 Å². The molecule has 1 aromatic carbocycles. The third kappa shape index (κ3) is 3.41. The molecule has 1 aliphatic rings. The molecule has 2 rings (SSSR count). The summed E-state index contributed by atoms with van der Waals surface area (Å²) in [5.41, 5.74) is 0.924. The molecule has 1 fully saturated rings. The van der Waals surface area contributed by atoms with E-state index in [-0.39, 0.29) is 5.75 Å². The molecule has 3 nitrogen and oxygen atoms in total. The highest BCUT2D eigenvalue weighted by Gasteiger charge is 2.26. The summed E-state index contributed by atoms with van der Waals surface area (Å²) >= 11 is 5.95. The number of hydrogen-bond acceptors (Lipinski definition) is 3. The molecule has 1 N–H and O–H groups in total. The Morgan fingerprint density at radius 3 is 2.79 bits per heavy atom. The van der Waals surface area contributed by atoms with Crippen molar-refractivity contribution in [3.63, 3.8) is 0 Å². The highest BCUT2D eigenvalue weighted by atomic mass is 35.5. The number of likely N-dealkylation sites (tertiary alicyclic amines) is 1. The van der Waals surface area contributed by atoms with E-state index in [0.29, 0.717) is 11.1 Å². The number of para-hydroxylation sites is 1. The smallest absolute Gasteiger partial charge is 0.138 e. The van der Waals surface area contributed by atoms with Gasteiger partial charge in [0.1, 0.15) is 5.75 Å². The van der Waals surface area contributed by atoms with Crippen molar-refractivity contribution in [1.29, 1.82) is 0 Å². The van der Waals surface area contributed by atoms with Gasteiger partial charge in [-0.3, -0.25) is 9.80 Å². The number of nitrogens with zero attached hydrogens (tertiary/aromatic N) is 2. The van der Waals surface area contributed by atoms with Crippen LogP contribution in [0.4, 0.5) is 0 Å². The van der Waals surface area contributed by atoms with Crippen LogP contribution >= 0.6 is 11.6 Å². The fourth-order valence-electron chi connectivity index (χ4n) is 2.92. The first kappa shape index (κ1) is 14.6. The first-order valence-corrected chi connectivity index (χ1v) is 7.46. The number of likely N-dealkylation sites (N-methyl/N-ethyl adjacent to an activating group) is 1. The predicted molar refractivity (Wildman–Crippen MR) is 79.7 cm³/mol. The quantitative estimate of drug-likeness (QED) is 0.899. The van der Waals surface area contributed by atoms with Gasteiger partial charge in [-0.2, -0.15) is 0 Å². The van der Waals surface area contributed by atoms with Gasteiger partial charge in [0, 0.05) is 31.2 Å². The third-order valence-corrected chi connectivity index (χ3v) is 4.35. The first-order valence-electron chi connectivity index (χ1n) is 7.08. The summed E-state index contributed by atoms with van der Waals surface area (Å²) in [5, 5.41) is 10.4. The number of rotatable bonds is 5. The number of benzene rings is 1. The molecule has 1 saturated heterocycles. The fraction of sp³-hybridized carbons (Fsp3) is 0.600. The molecule has 0 bridgehead atoms. The average Bonchev–Trinajstić information content (AvgIpc) is 2.85. The van der Waals surface area contributed by atoms with Gasteiger partial charge in [-0.25, -0.2) is 0 Å². The Balaban J connectivity index is 1.97. The van der Waals surface area contributed by atoms with E-state index in [4.69, 9.17) is 11.6 Å². The summed E-state index contributed by atoms with van der Waals surface area (Å²) < 4.78 is 0. The summed E-state index contributed by atoms with van der Waals surface area (Å²) in [5.74, 6) is 0.232. The van der Waals surface area contributed by atoms with Gasteiger partial charge in [0.05, 0.1) is 5.02 Å². The molecule has 1 unspecified atom stereocenters. The predicted octanol–water partition coefficient (Wildman–Crippen LogP) is 2.96. The van der Waals surface area contributed by atoms with Gasteiger partial charge in [-0.1, -0.05) is 37.6 Å². The van der Waals surface area contributed by atoms with Crippen LogP contribution in [0.15, 0.2) is 18.2 Å². The Kier molecular flexibility index (Phi) is 5.08. The number of phenols is 1. The van der Waals surface area contributed by atoms with Crippen LogP contribution in [0, 0.1) is 0 Å². The van der Waals surface area contributed by atoms with E-state index in [1.165, 1.54) is 6.42 Å². The topological polar surface area (TPSA) is 26.7 Å². The minimum absolute atomic E-state index is 0.232. The normalized spacial score (nSPS) is 20.3. The van der Waals surface area contributed by atoms with Crippen molar-refractivity contribution in [2.75, 3.05) is 26.2 Å². The maximum absolute atomic E-state index is 9.96. The average molecular weight is 283 g/mol. The molecule has 1 heterocycles. The van der Waals surface area contributed by atoms with E-state index in [0.717, 1.165) is 38.3 Å². The Hall–Kier alpha value is -0.770. The molecular formula is C15H23ClN2O. The zero-order valence-corrected chi connectivity index (χ0v) is 12.5. The summed E-state index contributed by atoms with van der Waals surface area (Å²) in [6, 6.07) is 6.22. The maximum Gasteiger partial charge on any atom is 0.138 e. The molecule has 0 amide bonds. The van der Waals surface area contributed by atoms with Gasteiger partial charge in [0.2, 0.25) is 0 Å². The molecule has 0 radical (unpaired) electrons. The Morgan fingerprint density at radius 2 is 2.11 bits per heavy atom. The monoisotopic (exact) mass is 282 g/mol. The van der Waals surface area contributed by atoms with Crippen LogP contribution in [0.5, 0.6) is 5.75 Å². The minimum Gasteiger partial charge on any atom is -0.506 e. The van der Waals surface area contributed by atoms with Gasteiger partial charge in [0.25, 0.3) is 0 Å². The van der Waals surface area contributed by atoms with Gasteiger partial charge in [-0.05, 0) is 25.6 Å². The van der Waals surface area contributed by atoms with Crippen molar-refractivity contribution in [2.45, 2.75) is 32.9 Å². The van der Waals surface area contributed by atoms with Crippen molar-refractivity contribution in [2.24, 2.45) is 0 Å². The summed E-state index contributed by atoms with van der Waals surface area (Å²) in [6.07, 6.45) is 1.21. The molecule has 1 aliphatic heterocycles. The molecule has 1 aromatic rings. The van der Waals surface area contributed by atoms with Crippen LogP contribution < -0.4 is 0 Å². The van der Waals surface area contributed by atoms with E-state index in [9.17, 15) is 5.11 Å². The van der Waals surface area contributed by atoms with Crippen LogP contribution in [-0.4, -0.2) is 47.1 Å².